The third-order valence-corrected chi connectivity index (χ3v) is 16.0. The summed E-state index contributed by atoms with van der Waals surface area (Å²) in [5, 5.41) is 0. The largest absolute Gasteiger partial charge is 0.462 e. The monoisotopic (exact) mass is 1130 g/mol. The van der Waals surface area contributed by atoms with E-state index >= 15 is 0 Å². The summed E-state index contributed by atoms with van der Waals surface area (Å²) >= 11 is 0. The highest BCUT2D eigenvalue weighted by Crippen LogP contribution is 2.19. The summed E-state index contributed by atoms with van der Waals surface area (Å²) in [6.07, 6.45) is 89.9. The van der Waals surface area contributed by atoms with Gasteiger partial charge in [0.2, 0.25) is 0 Å². The van der Waals surface area contributed by atoms with Crippen molar-refractivity contribution in [3.8, 4) is 0 Å². The molecule has 0 spiro atoms. The number of hydrogen-bond acceptors (Lipinski definition) is 6. The van der Waals surface area contributed by atoms with Crippen LogP contribution in [0.15, 0.2) is 60.8 Å². The van der Waals surface area contributed by atoms with Crippen LogP contribution in [0.1, 0.15) is 380 Å². The molecule has 0 bridgehead atoms. The Morgan fingerprint density at radius 2 is 0.481 bits per heavy atom. The Hall–Kier alpha value is -2.89. The van der Waals surface area contributed by atoms with E-state index in [1.807, 2.05) is 0 Å². The fourth-order valence-corrected chi connectivity index (χ4v) is 10.7. The zero-order valence-corrected chi connectivity index (χ0v) is 54.3. The van der Waals surface area contributed by atoms with Crippen LogP contribution in [0.5, 0.6) is 0 Å². The highest BCUT2D eigenvalue weighted by atomic mass is 16.6. The Kier molecular flexibility index (Phi) is 67.1. The fraction of sp³-hybridized carbons (Fsp3) is 0.827. The van der Waals surface area contributed by atoms with E-state index in [-0.39, 0.29) is 31.1 Å². The van der Waals surface area contributed by atoms with E-state index < -0.39 is 6.10 Å². The molecule has 6 heteroatoms. The molecule has 0 saturated carbocycles. The summed E-state index contributed by atoms with van der Waals surface area (Å²) in [5.74, 6) is -0.841. The van der Waals surface area contributed by atoms with Gasteiger partial charge in [-0.05, 0) is 64.2 Å². The third-order valence-electron chi connectivity index (χ3n) is 16.0. The van der Waals surface area contributed by atoms with Crippen molar-refractivity contribution in [2.75, 3.05) is 13.2 Å². The van der Waals surface area contributed by atoms with Crippen molar-refractivity contribution in [2.45, 2.75) is 386 Å². The molecule has 0 heterocycles. The van der Waals surface area contributed by atoms with E-state index in [1.165, 1.54) is 250 Å². The Balaban J connectivity index is 4.02. The normalized spacial score (nSPS) is 12.4. The van der Waals surface area contributed by atoms with E-state index in [4.69, 9.17) is 14.2 Å². The second-order valence-electron chi connectivity index (χ2n) is 24.1. The van der Waals surface area contributed by atoms with Crippen molar-refractivity contribution in [1.29, 1.82) is 0 Å². The molecule has 1 atom stereocenters. The zero-order chi connectivity index (χ0) is 58.5. The lowest BCUT2D eigenvalue weighted by Gasteiger charge is -2.18. The van der Waals surface area contributed by atoms with Crippen LogP contribution in [-0.4, -0.2) is 37.2 Å². The predicted molar refractivity (Wildman–Crippen MR) is 353 cm³/mol. The molecule has 6 nitrogen and oxygen atoms in total. The summed E-state index contributed by atoms with van der Waals surface area (Å²) in [5.41, 5.74) is 0. The Morgan fingerprint density at radius 3 is 0.753 bits per heavy atom. The number of ether oxygens (including phenoxy) is 3. The van der Waals surface area contributed by atoms with E-state index in [1.54, 1.807) is 0 Å². The van der Waals surface area contributed by atoms with Crippen LogP contribution in [0.2, 0.25) is 0 Å². The maximum atomic E-state index is 12.9. The molecule has 472 valence electrons. The maximum Gasteiger partial charge on any atom is 0.306 e. The Bertz CT molecular complexity index is 1440. The van der Waals surface area contributed by atoms with Crippen LogP contribution in [0.25, 0.3) is 0 Å². The maximum absolute atomic E-state index is 12.9. The minimum Gasteiger partial charge on any atom is -0.462 e. The molecule has 0 aromatic carbocycles. The number of esters is 3. The van der Waals surface area contributed by atoms with Gasteiger partial charge in [-0.2, -0.15) is 0 Å². The van der Waals surface area contributed by atoms with Crippen molar-refractivity contribution >= 4 is 17.9 Å². The first-order valence-electron chi connectivity index (χ1n) is 35.8. The summed E-state index contributed by atoms with van der Waals surface area (Å²) < 4.78 is 16.9. The summed E-state index contributed by atoms with van der Waals surface area (Å²) in [4.78, 5) is 38.3. The van der Waals surface area contributed by atoms with Gasteiger partial charge in [-0.15, -0.1) is 0 Å². The zero-order valence-electron chi connectivity index (χ0n) is 54.3. The van der Waals surface area contributed by atoms with Crippen LogP contribution in [0.4, 0.5) is 0 Å². The molecule has 0 aliphatic heterocycles. The van der Waals surface area contributed by atoms with E-state index in [9.17, 15) is 14.4 Å². The van der Waals surface area contributed by atoms with Gasteiger partial charge in [-0.3, -0.25) is 14.4 Å². The van der Waals surface area contributed by atoms with E-state index in [0.29, 0.717) is 19.3 Å². The summed E-state index contributed by atoms with van der Waals surface area (Å²) in [7, 11) is 0. The number of allylic oxidation sites excluding steroid dienone is 10. The van der Waals surface area contributed by atoms with E-state index in [0.717, 1.165) is 89.9 Å². The quantitative estimate of drug-likeness (QED) is 0.0261. The molecular formula is C75H136O6. The second kappa shape index (κ2) is 69.6. The molecule has 0 aliphatic rings. The summed E-state index contributed by atoms with van der Waals surface area (Å²) in [6.45, 7) is 6.57. The lowest BCUT2D eigenvalue weighted by atomic mass is 10.0. The molecular weight excluding hydrogens is 997 g/mol. The number of hydrogen-bond donors (Lipinski definition) is 0. The lowest BCUT2D eigenvalue weighted by molar-refractivity contribution is -0.167. The number of rotatable bonds is 66. The van der Waals surface area contributed by atoms with Gasteiger partial charge < -0.3 is 14.2 Å². The Labute approximate surface area is 504 Å². The average molecular weight is 1130 g/mol. The van der Waals surface area contributed by atoms with Gasteiger partial charge in [-0.1, -0.05) is 358 Å². The number of carbonyl (C=O) groups excluding carboxylic acids is 3. The molecule has 81 heavy (non-hydrogen) atoms. The van der Waals surface area contributed by atoms with Gasteiger partial charge in [0.05, 0.1) is 0 Å². The standard InChI is InChI=1S/C75H136O6/c1-4-7-10-13-16-19-21-23-25-27-29-30-31-32-33-34-35-36-37-38-39-40-41-42-43-44-46-47-49-51-53-56-59-62-65-68-74(77)80-71-72(70-79-73(76)67-64-61-58-55-18-15-12-9-6-3)81-75(78)69-66-63-60-57-54-52-50-48-45-28-26-24-22-20-17-14-11-8-5-2/h7,10,16,19,23,25,29-30,32-33,72H,4-6,8-9,11-15,17-18,20-22,24,26-28,31,34-71H2,1-3H3/b10-7-,19-16-,25-23-,30-29-,33-32-. The predicted octanol–water partition coefficient (Wildman–Crippen LogP) is 24.7. The average Bonchev–Trinajstić information content (AvgIpc) is 3.47. The highest BCUT2D eigenvalue weighted by Gasteiger charge is 2.19. The molecule has 1 unspecified atom stereocenters. The molecule has 0 fully saturated rings. The van der Waals surface area contributed by atoms with Gasteiger partial charge in [-0.25, -0.2) is 0 Å². The van der Waals surface area contributed by atoms with Gasteiger partial charge in [0, 0.05) is 19.3 Å². The fourth-order valence-electron chi connectivity index (χ4n) is 10.7. The van der Waals surface area contributed by atoms with Gasteiger partial charge in [0.15, 0.2) is 6.10 Å². The topological polar surface area (TPSA) is 78.9 Å². The molecule has 0 amide bonds. The number of unbranched alkanes of at least 4 members (excludes halogenated alkanes) is 45. The number of carbonyl (C=O) groups is 3. The SMILES string of the molecule is CC/C=C\C/C=C\C/C=C\C/C=C\C/C=C\CCCCCCCCCCCCCCCCCCCCCC(=O)OCC(COC(=O)CCCCCCCCCCC)OC(=O)CCCCCCCCCCCCCCCCCCCCC. The van der Waals surface area contributed by atoms with Crippen molar-refractivity contribution < 1.29 is 28.6 Å². The molecule has 0 radical (unpaired) electrons. The van der Waals surface area contributed by atoms with Gasteiger partial charge >= 0.3 is 17.9 Å². The first-order chi connectivity index (χ1) is 40.0. The first kappa shape index (κ1) is 78.1. The lowest BCUT2D eigenvalue weighted by Crippen LogP contribution is -2.30. The van der Waals surface area contributed by atoms with Crippen molar-refractivity contribution in [2.24, 2.45) is 0 Å². The Morgan fingerprint density at radius 1 is 0.259 bits per heavy atom. The van der Waals surface area contributed by atoms with Crippen LogP contribution in [-0.2, 0) is 28.6 Å². The second-order valence-corrected chi connectivity index (χ2v) is 24.1. The highest BCUT2D eigenvalue weighted by molar-refractivity contribution is 5.71. The molecule has 0 aromatic rings. The molecule has 0 aliphatic carbocycles. The minimum absolute atomic E-state index is 0.0660. The minimum atomic E-state index is -0.767. The summed E-state index contributed by atoms with van der Waals surface area (Å²) in [6, 6.07) is 0. The third kappa shape index (κ3) is 67.8. The van der Waals surface area contributed by atoms with Crippen molar-refractivity contribution in [3.05, 3.63) is 60.8 Å². The van der Waals surface area contributed by atoms with Crippen molar-refractivity contribution in [3.63, 3.8) is 0 Å². The van der Waals surface area contributed by atoms with Crippen molar-refractivity contribution in [1.82, 2.24) is 0 Å². The van der Waals surface area contributed by atoms with Crippen LogP contribution in [0.3, 0.4) is 0 Å². The van der Waals surface area contributed by atoms with Gasteiger partial charge in [0.1, 0.15) is 13.2 Å². The van der Waals surface area contributed by atoms with E-state index in [2.05, 4.69) is 81.5 Å². The first-order valence-corrected chi connectivity index (χ1v) is 35.8. The van der Waals surface area contributed by atoms with Gasteiger partial charge in [0.25, 0.3) is 0 Å². The van der Waals surface area contributed by atoms with Crippen LogP contribution >= 0.6 is 0 Å². The van der Waals surface area contributed by atoms with Crippen LogP contribution in [0, 0.1) is 0 Å². The van der Waals surface area contributed by atoms with Crippen LogP contribution < -0.4 is 0 Å². The molecule has 0 N–H and O–H groups in total. The smallest absolute Gasteiger partial charge is 0.306 e. The molecule has 0 aromatic heterocycles. The molecule has 0 saturated heterocycles. The molecule has 0 rings (SSSR count).